The van der Waals surface area contributed by atoms with Crippen LogP contribution < -0.4 is 11.3 Å². The number of hydrogen-bond acceptors (Lipinski definition) is 5. The van der Waals surface area contributed by atoms with Crippen LogP contribution in [0.15, 0.2) is 18.5 Å². The predicted octanol–water partition coefficient (Wildman–Crippen LogP) is 1.43. The van der Waals surface area contributed by atoms with E-state index >= 15 is 0 Å². The number of halogens is 1. The molecule has 2 heterocycles. The second-order valence-electron chi connectivity index (χ2n) is 3.99. The van der Waals surface area contributed by atoms with E-state index in [1.54, 1.807) is 16.9 Å². The van der Waals surface area contributed by atoms with E-state index in [1.165, 1.54) is 0 Å². The summed E-state index contributed by atoms with van der Waals surface area (Å²) in [5.41, 5.74) is 2.57. The number of nitrogens with one attached hydrogen (secondary N) is 1. The van der Waals surface area contributed by atoms with Gasteiger partial charge in [-0.25, -0.2) is 20.5 Å². The third kappa shape index (κ3) is 2.25. The minimum Gasteiger partial charge on any atom is -0.308 e. The van der Waals surface area contributed by atoms with Crippen LogP contribution in [-0.4, -0.2) is 19.7 Å². The topological polar surface area (TPSA) is 81.6 Å². The first-order valence-corrected chi connectivity index (χ1v) is 6.40. The highest BCUT2D eigenvalue weighted by Crippen LogP contribution is 2.38. The third-order valence-electron chi connectivity index (χ3n) is 2.61. The van der Waals surface area contributed by atoms with E-state index in [0.29, 0.717) is 11.7 Å². The molecule has 0 atom stereocenters. The molecule has 1 saturated carbocycles. The zero-order valence-corrected chi connectivity index (χ0v) is 11.1. The Hall–Kier alpha value is -1.22. The molecule has 2 aromatic rings. The van der Waals surface area contributed by atoms with Crippen LogP contribution in [0.25, 0.3) is 5.82 Å². The van der Waals surface area contributed by atoms with E-state index in [4.69, 9.17) is 5.84 Å². The maximum atomic E-state index is 5.42. The SMILES string of the molecule is NNc1cc(-n2cc(I)cn2)nc(C2CC2)n1. The second-order valence-corrected chi connectivity index (χ2v) is 5.24. The molecule has 3 rings (SSSR count). The highest BCUT2D eigenvalue weighted by Gasteiger charge is 2.27. The van der Waals surface area contributed by atoms with E-state index in [-0.39, 0.29) is 0 Å². The fourth-order valence-corrected chi connectivity index (χ4v) is 1.98. The summed E-state index contributed by atoms with van der Waals surface area (Å²) in [5, 5.41) is 4.23. The van der Waals surface area contributed by atoms with Gasteiger partial charge in [0.05, 0.1) is 9.77 Å². The van der Waals surface area contributed by atoms with E-state index in [2.05, 4.69) is 43.1 Å². The van der Waals surface area contributed by atoms with Gasteiger partial charge in [-0.05, 0) is 35.4 Å². The van der Waals surface area contributed by atoms with E-state index in [0.717, 1.165) is 28.1 Å². The lowest BCUT2D eigenvalue weighted by Crippen LogP contribution is -2.12. The Morgan fingerprint density at radius 3 is 2.82 bits per heavy atom. The Balaban J connectivity index is 2.05. The Bertz CT molecular complexity index is 547. The average Bonchev–Trinajstić information content (AvgIpc) is 3.11. The number of nitrogens with zero attached hydrogens (tertiary/aromatic N) is 4. The average molecular weight is 342 g/mol. The molecule has 0 aliphatic heterocycles. The molecule has 0 spiro atoms. The molecule has 7 heteroatoms. The largest absolute Gasteiger partial charge is 0.308 e. The standard InChI is InChI=1S/C10H11IN6/c11-7-4-13-17(5-7)9-3-8(16-12)14-10(15-9)6-1-2-6/h3-6H,1-2,12H2,(H,14,15,16). The maximum Gasteiger partial charge on any atom is 0.159 e. The monoisotopic (exact) mass is 342 g/mol. The van der Waals surface area contributed by atoms with Gasteiger partial charge in [-0.3, -0.25) is 0 Å². The summed E-state index contributed by atoms with van der Waals surface area (Å²) in [4.78, 5) is 8.87. The first kappa shape index (κ1) is 10.9. The molecule has 3 N–H and O–H groups in total. The van der Waals surface area contributed by atoms with E-state index in [9.17, 15) is 0 Å². The number of anilines is 1. The quantitative estimate of drug-likeness (QED) is 0.501. The number of rotatable bonds is 3. The molecule has 0 amide bonds. The molecular weight excluding hydrogens is 331 g/mol. The van der Waals surface area contributed by atoms with Gasteiger partial charge in [0.2, 0.25) is 0 Å². The van der Waals surface area contributed by atoms with Crippen LogP contribution in [0.3, 0.4) is 0 Å². The number of nitrogen functional groups attached to an aromatic ring is 1. The lowest BCUT2D eigenvalue weighted by Gasteiger charge is -2.06. The van der Waals surface area contributed by atoms with Gasteiger partial charge in [0.25, 0.3) is 0 Å². The predicted molar refractivity (Wildman–Crippen MR) is 71.7 cm³/mol. The van der Waals surface area contributed by atoms with Crippen molar-refractivity contribution >= 4 is 28.4 Å². The highest BCUT2D eigenvalue weighted by molar-refractivity contribution is 14.1. The molecule has 2 aromatic heterocycles. The summed E-state index contributed by atoms with van der Waals surface area (Å²) in [6.45, 7) is 0. The molecule has 1 fully saturated rings. The normalized spacial score (nSPS) is 14.9. The number of hydrogen-bond donors (Lipinski definition) is 2. The van der Waals surface area contributed by atoms with Gasteiger partial charge >= 0.3 is 0 Å². The minimum absolute atomic E-state index is 0.483. The van der Waals surface area contributed by atoms with Gasteiger partial charge in [0, 0.05) is 18.2 Å². The van der Waals surface area contributed by atoms with Crippen molar-refractivity contribution in [1.29, 1.82) is 0 Å². The first-order valence-electron chi connectivity index (χ1n) is 5.32. The molecule has 1 aliphatic carbocycles. The van der Waals surface area contributed by atoms with Gasteiger partial charge in [-0.1, -0.05) is 0 Å². The molecule has 17 heavy (non-hydrogen) atoms. The van der Waals surface area contributed by atoms with Crippen LogP contribution in [0, 0.1) is 3.57 Å². The van der Waals surface area contributed by atoms with Crippen molar-refractivity contribution in [3.63, 3.8) is 0 Å². The summed E-state index contributed by atoms with van der Waals surface area (Å²) in [6, 6.07) is 1.79. The zero-order valence-electron chi connectivity index (χ0n) is 8.97. The third-order valence-corrected chi connectivity index (χ3v) is 3.16. The lowest BCUT2D eigenvalue weighted by atomic mass is 10.4. The van der Waals surface area contributed by atoms with Gasteiger partial charge in [-0.2, -0.15) is 5.10 Å². The van der Waals surface area contributed by atoms with Crippen LogP contribution in [0.4, 0.5) is 5.82 Å². The van der Waals surface area contributed by atoms with Crippen LogP contribution in [-0.2, 0) is 0 Å². The minimum atomic E-state index is 0.483. The van der Waals surface area contributed by atoms with Crippen molar-refractivity contribution < 1.29 is 0 Å². The van der Waals surface area contributed by atoms with Gasteiger partial charge < -0.3 is 5.43 Å². The van der Waals surface area contributed by atoms with Gasteiger partial charge in [0.15, 0.2) is 5.82 Å². The summed E-state index contributed by atoms with van der Waals surface area (Å²) in [5.74, 6) is 8.13. The zero-order chi connectivity index (χ0) is 11.8. The molecule has 0 radical (unpaired) electrons. The number of nitrogens with two attached hydrogens (primary N) is 1. The van der Waals surface area contributed by atoms with E-state index in [1.807, 2.05) is 6.20 Å². The lowest BCUT2D eigenvalue weighted by molar-refractivity contribution is 0.810. The van der Waals surface area contributed by atoms with Crippen molar-refractivity contribution in [2.24, 2.45) is 5.84 Å². The summed E-state index contributed by atoms with van der Waals surface area (Å²) >= 11 is 2.21. The number of hydrazine groups is 1. The van der Waals surface area contributed by atoms with Gasteiger partial charge in [-0.15, -0.1) is 0 Å². The fraction of sp³-hybridized carbons (Fsp3) is 0.300. The van der Waals surface area contributed by atoms with Crippen molar-refractivity contribution in [1.82, 2.24) is 19.7 Å². The molecule has 0 bridgehead atoms. The van der Waals surface area contributed by atoms with Crippen molar-refractivity contribution in [2.75, 3.05) is 5.43 Å². The van der Waals surface area contributed by atoms with Crippen LogP contribution in [0.5, 0.6) is 0 Å². The summed E-state index contributed by atoms with van der Waals surface area (Å²) in [6.07, 6.45) is 6.02. The van der Waals surface area contributed by atoms with Crippen molar-refractivity contribution in [3.8, 4) is 5.82 Å². The smallest absolute Gasteiger partial charge is 0.159 e. The van der Waals surface area contributed by atoms with Crippen molar-refractivity contribution in [3.05, 3.63) is 27.9 Å². The fourth-order valence-electron chi connectivity index (χ4n) is 1.59. The first-order chi connectivity index (χ1) is 8.26. The van der Waals surface area contributed by atoms with Crippen LogP contribution in [0.2, 0.25) is 0 Å². The maximum absolute atomic E-state index is 5.42. The van der Waals surface area contributed by atoms with E-state index < -0.39 is 0 Å². The summed E-state index contributed by atoms with van der Waals surface area (Å²) in [7, 11) is 0. The molecule has 0 unspecified atom stereocenters. The van der Waals surface area contributed by atoms with Crippen LogP contribution in [0.1, 0.15) is 24.6 Å². The Morgan fingerprint density at radius 1 is 1.41 bits per heavy atom. The highest BCUT2D eigenvalue weighted by atomic mass is 127. The van der Waals surface area contributed by atoms with Gasteiger partial charge in [0.1, 0.15) is 11.6 Å². The van der Waals surface area contributed by atoms with Crippen molar-refractivity contribution in [2.45, 2.75) is 18.8 Å². The molecular formula is C10H11IN6. The number of aromatic nitrogens is 4. The molecule has 1 aliphatic rings. The molecule has 88 valence electrons. The molecule has 6 nitrogen and oxygen atoms in total. The summed E-state index contributed by atoms with van der Waals surface area (Å²) < 4.78 is 2.80. The second kappa shape index (κ2) is 4.22. The Morgan fingerprint density at radius 2 is 2.24 bits per heavy atom. The Labute approximate surface area is 112 Å². The molecule has 0 aromatic carbocycles. The van der Waals surface area contributed by atoms with Crippen LogP contribution >= 0.6 is 22.6 Å². The Kier molecular flexibility index (Phi) is 2.71. The molecule has 0 saturated heterocycles.